The van der Waals surface area contributed by atoms with Crippen molar-refractivity contribution in [3.05, 3.63) is 29.7 Å². The van der Waals surface area contributed by atoms with Gasteiger partial charge in [-0.2, -0.15) is 0 Å². The molecular formula is C21H29N5O5. The first-order valence-corrected chi connectivity index (χ1v) is 10.4. The number of aromatic nitrogens is 1. The number of rotatable bonds is 7. The van der Waals surface area contributed by atoms with Gasteiger partial charge in [-0.05, 0) is 25.1 Å². The van der Waals surface area contributed by atoms with Crippen LogP contribution in [0.3, 0.4) is 0 Å². The normalized spacial score (nSPS) is 14.5. The lowest BCUT2D eigenvalue weighted by atomic mass is 10.2. The number of amides is 3. The largest absolute Gasteiger partial charge is 0.466 e. The first-order valence-electron chi connectivity index (χ1n) is 10.4. The quantitative estimate of drug-likeness (QED) is 0.659. The average Bonchev–Trinajstić information content (AvgIpc) is 3.15. The Morgan fingerprint density at radius 3 is 2.61 bits per heavy atom. The predicted octanol–water partition coefficient (Wildman–Crippen LogP) is 1.31. The maximum absolute atomic E-state index is 12.2. The van der Waals surface area contributed by atoms with E-state index in [1.54, 1.807) is 44.1 Å². The van der Waals surface area contributed by atoms with Crippen molar-refractivity contribution >= 4 is 29.0 Å². The van der Waals surface area contributed by atoms with E-state index in [1.165, 1.54) is 4.90 Å². The van der Waals surface area contributed by atoms with Crippen LogP contribution in [0.15, 0.2) is 22.6 Å². The zero-order valence-electron chi connectivity index (χ0n) is 18.2. The van der Waals surface area contributed by atoms with Crippen LogP contribution in [0.4, 0.5) is 4.79 Å². The van der Waals surface area contributed by atoms with Gasteiger partial charge in [-0.3, -0.25) is 14.5 Å². The molecule has 0 radical (unpaired) electrons. The highest BCUT2D eigenvalue weighted by Gasteiger charge is 2.22. The van der Waals surface area contributed by atoms with E-state index in [4.69, 9.17) is 9.15 Å². The Morgan fingerprint density at radius 1 is 1.19 bits per heavy atom. The number of nitrogens with zero attached hydrogens (tertiary/aromatic N) is 4. The standard InChI is InChI=1S/C21H29N5O5/c1-4-30-19(27)7-8-22-21(29)26-11-9-25(10-12-26)14-18-23-16-13-15(20(28)24(2)3)5-6-17(16)31-18/h5-6,13H,4,7-12,14H2,1-3H3,(H,22,29). The first-order chi connectivity index (χ1) is 14.9. The molecule has 1 N–H and O–H groups in total. The van der Waals surface area contributed by atoms with Crippen LogP contribution in [-0.2, 0) is 16.1 Å². The summed E-state index contributed by atoms with van der Waals surface area (Å²) in [6.07, 6.45) is 0.166. The number of carbonyl (C=O) groups is 3. The zero-order valence-corrected chi connectivity index (χ0v) is 18.2. The average molecular weight is 431 g/mol. The number of urea groups is 1. The van der Waals surface area contributed by atoms with Crippen molar-refractivity contribution in [2.45, 2.75) is 19.9 Å². The molecule has 2 heterocycles. The summed E-state index contributed by atoms with van der Waals surface area (Å²) in [6.45, 7) is 5.41. The molecule has 2 aromatic rings. The molecule has 0 unspecified atom stereocenters. The van der Waals surface area contributed by atoms with Gasteiger partial charge in [-0.25, -0.2) is 9.78 Å². The van der Waals surface area contributed by atoms with E-state index in [0.29, 0.717) is 61.9 Å². The van der Waals surface area contributed by atoms with Crippen LogP contribution in [0.2, 0.25) is 0 Å². The summed E-state index contributed by atoms with van der Waals surface area (Å²) >= 11 is 0. The van der Waals surface area contributed by atoms with Gasteiger partial charge >= 0.3 is 12.0 Å². The molecule has 0 spiro atoms. The van der Waals surface area contributed by atoms with Crippen LogP contribution in [0.1, 0.15) is 29.6 Å². The van der Waals surface area contributed by atoms with E-state index in [1.807, 2.05) is 0 Å². The molecule has 1 aliphatic heterocycles. The van der Waals surface area contributed by atoms with E-state index in [2.05, 4.69) is 15.2 Å². The van der Waals surface area contributed by atoms with Crippen LogP contribution >= 0.6 is 0 Å². The molecule has 0 bridgehead atoms. The molecule has 1 fully saturated rings. The van der Waals surface area contributed by atoms with Crippen LogP contribution in [-0.4, -0.2) is 91.0 Å². The van der Waals surface area contributed by atoms with E-state index >= 15 is 0 Å². The van der Waals surface area contributed by atoms with E-state index < -0.39 is 0 Å². The monoisotopic (exact) mass is 431 g/mol. The Labute approximate surface area is 181 Å². The molecule has 3 amide bonds. The molecule has 10 nitrogen and oxygen atoms in total. The third kappa shape index (κ3) is 5.94. The van der Waals surface area contributed by atoms with E-state index in [0.717, 1.165) is 0 Å². The lowest BCUT2D eigenvalue weighted by molar-refractivity contribution is -0.142. The second-order valence-electron chi connectivity index (χ2n) is 7.54. The molecule has 1 aromatic carbocycles. The topological polar surface area (TPSA) is 108 Å². The number of ether oxygens (including phenoxy) is 1. The third-order valence-corrected chi connectivity index (χ3v) is 5.01. The van der Waals surface area contributed by atoms with Gasteiger partial charge in [0.25, 0.3) is 5.91 Å². The molecule has 0 aliphatic carbocycles. The molecule has 0 saturated carbocycles. The van der Waals surface area contributed by atoms with Gasteiger partial charge < -0.3 is 24.3 Å². The van der Waals surface area contributed by atoms with Gasteiger partial charge in [0.15, 0.2) is 5.58 Å². The minimum Gasteiger partial charge on any atom is -0.466 e. The van der Waals surface area contributed by atoms with Crippen molar-refractivity contribution < 1.29 is 23.5 Å². The molecule has 1 aromatic heterocycles. The number of hydrogen-bond acceptors (Lipinski definition) is 7. The van der Waals surface area contributed by atoms with Crippen molar-refractivity contribution in [1.29, 1.82) is 0 Å². The summed E-state index contributed by atoms with van der Waals surface area (Å²) in [5, 5.41) is 2.75. The van der Waals surface area contributed by atoms with Gasteiger partial charge in [-0.1, -0.05) is 0 Å². The lowest BCUT2D eigenvalue weighted by Crippen LogP contribution is -2.51. The summed E-state index contributed by atoms with van der Waals surface area (Å²) < 4.78 is 10.7. The Balaban J connectivity index is 1.48. The van der Waals surface area contributed by atoms with Gasteiger partial charge in [0.05, 0.1) is 19.6 Å². The number of hydrogen-bond donors (Lipinski definition) is 1. The van der Waals surface area contributed by atoms with Crippen molar-refractivity contribution in [3.63, 3.8) is 0 Å². The van der Waals surface area contributed by atoms with Gasteiger partial charge in [0.2, 0.25) is 5.89 Å². The highest BCUT2D eigenvalue weighted by Crippen LogP contribution is 2.19. The Bertz CT molecular complexity index is 933. The van der Waals surface area contributed by atoms with Crippen LogP contribution in [0.5, 0.6) is 0 Å². The molecule has 0 atom stereocenters. The van der Waals surface area contributed by atoms with Crippen LogP contribution < -0.4 is 5.32 Å². The van der Waals surface area contributed by atoms with Crippen LogP contribution in [0, 0.1) is 0 Å². The summed E-state index contributed by atoms with van der Waals surface area (Å²) in [6, 6.07) is 5.06. The summed E-state index contributed by atoms with van der Waals surface area (Å²) in [5.74, 6) is 0.184. The first kappa shape index (κ1) is 22.5. The number of fused-ring (bicyclic) bond motifs is 1. The van der Waals surface area contributed by atoms with E-state index in [9.17, 15) is 14.4 Å². The Morgan fingerprint density at radius 2 is 1.94 bits per heavy atom. The molecule has 168 valence electrons. The molecule has 31 heavy (non-hydrogen) atoms. The fourth-order valence-electron chi connectivity index (χ4n) is 3.35. The molecular weight excluding hydrogens is 402 g/mol. The summed E-state index contributed by atoms with van der Waals surface area (Å²) in [7, 11) is 3.42. The van der Waals surface area contributed by atoms with Crippen molar-refractivity contribution in [2.75, 3.05) is 53.4 Å². The molecule has 10 heteroatoms. The summed E-state index contributed by atoms with van der Waals surface area (Å²) in [4.78, 5) is 45.6. The molecule has 1 saturated heterocycles. The van der Waals surface area contributed by atoms with Crippen molar-refractivity contribution in [3.8, 4) is 0 Å². The van der Waals surface area contributed by atoms with Crippen LogP contribution in [0.25, 0.3) is 11.1 Å². The maximum atomic E-state index is 12.2. The lowest BCUT2D eigenvalue weighted by Gasteiger charge is -2.33. The number of carbonyl (C=O) groups excluding carboxylic acids is 3. The van der Waals surface area contributed by atoms with E-state index in [-0.39, 0.29) is 30.9 Å². The zero-order chi connectivity index (χ0) is 22.4. The summed E-state index contributed by atoms with van der Waals surface area (Å²) in [5.41, 5.74) is 1.87. The smallest absolute Gasteiger partial charge is 0.317 e. The Kier molecular flexibility index (Phi) is 7.45. The van der Waals surface area contributed by atoms with Gasteiger partial charge in [0, 0.05) is 52.4 Å². The fourth-order valence-corrected chi connectivity index (χ4v) is 3.35. The number of nitrogens with one attached hydrogen (secondary N) is 1. The minimum absolute atomic E-state index is 0.0805. The number of oxazole rings is 1. The van der Waals surface area contributed by atoms with Gasteiger partial charge in [0.1, 0.15) is 5.52 Å². The SMILES string of the molecule is CCOC(=O)CCNC(=O)N1CCN(Cc2nc3cc(C(=O)N(C)C)ccc3o2)CC1. The highest BCUT2D eigenvalue weighted by atomic mass is 16.5. The number of piperazine rings is 1. The molecule has 1 aliphatic rings. The highest BCUT2D eigenvalue weighted by molar-refractivity contribution is 5.96. The molecule has 3 rings (SSSR count). The maximum Gasteiger partial charge on any atom is 0.317 e. The second-order valence-corrected chi connectivity index (χ2v) is 7.54. The van der Waals surface area contributed by atoms with Crippen molar-refractivity contribution in [2.24, 2.45) is 0 Å². The van der Waals surface area contributed by atoms with Crippen molar-refractivity contribution in [1.82, 2.24) is 25.0 Å². The van der Waals surface area contributed by atoms with Gasteiger partial charge in [-0.15, -0.1) is 0 Å². The number of benzene rings is 1. The third-order valence-electron chi connectivity index (χ3n) is 5.01. The Hall–Kier alpha value is -3.14. The fraction of sp³-hybridized carbons (Fsp3) is 0.524. The minimum atomic E-state index is -0.316. The number of esters is 1. The predicted molar refractivity (Wildman–Crippen MR) is 114 cm³/mol. The second kappa shape index (κ2) is 10.3.